The van der Waals surface area contributed by atoms with Crippen molar-refractivity contribution in [1.82, 2.24) is 9.47 Å². The van der Waals surface area contributed by atoms with E-state index in [1.807, 2.05) is 48.7 Å². The average Bonchev–Trinajstić information content (AvgIpc) is 3.12. The maximum atomic E-state index is 12.7. The topological polar surface area (TPSA) is 46.5 Å². The van der Waals surface area contributed by atoms with Gasteiger partial charge in [-0.15, -0.1) is 0 Å². The summed E-state index contributed by atoms with van der Waals surface area (Å²) < 4.78 is 7.31. The van der Waals surface area contributed by atoms with Crippen molar-refractivity contribution in [3.63, 3.8) is 0 Å². The first-order valence-electron chi connectivity index (χ1n) is 10.2. The number of ether oxygens (including phenoxy) is 1. The van der Waals surface area contributed by atoms with Crippen molar-refractivity contribution in [2.75, 3.05) is 25.6 Å². The highest BCUT2D eigenvalue weighted by Crippen LogP contribution is 2.21. The Morgan fingerprint density at radius 1 is 1.14 bits per heavy atom. The fraction of sp³-hybridized carbons (Fsp3) is 0.375. The first-order chi connectivity index (χ1) is 14.0. The molecule has 0 saturated heterocycles. The van der Waals surface area contributed by atoms with Crippen molar-refractivity contribution in [1.29, 1.82) is 0 Å². The van der Waals surface area contributed by atoms with Crippen molar-refractivity contribution < 1.29 is 9.53 Å². The van der Waals surface area contributed by atoms with Crippen LogP contribution in [0.5, 0.6) is 0 Å². The Bertz CT molecular complexity index is 944. The zero-order valence-corrected chi connectivity index (χ0v) is 17.8. The number of hydrogen-bond acceptors (Lipinski definition) is 3. The Morgan fingerprint density at radius 2 is 1.90 bits per heavy atom. The minimum Gasteiger partial charge on any atom is -0.383 e. The molecule has 0 atom stereocenters. The van der Waals surface area contributed by atoms with Gasteiger partial charge in [0, 0.05) is 54.6 Å². The molecule has 3 aromatic rings. The summed E-state index contributed by atoms with van der Waals surface area (Å²) >= 11 is 0. The number of rotatable bonds is 9. The molecule has 0 fully saturated rings. The van der Waals surface area contributed by atoms with Crippen LogP contribution in [-0.4, -0.2) is 41.7 Å². The number of methoxy groups -OCH3 is 1. The lowest BCUT2D eigenvalue weighted by atomic mass is 10.1. The second kappa shape index (κ2) is 9.72. The molecule has 1 N–H and O–H groups in total. The molecule has 0 aliphatic heterocycles. The highest BCUT2D eigenvalue weighted by molar-refractivity contribution is 6.05. The van der Waals surface area contributed by atoms with Crippen LogP contribution in [0.15, 0.2) is 54.7 Å². The normalized spacial score (nSPS) is 11.5. The molecule has 5 heteroatoms. The zero-order chi connectivity index (χ0) is 20.8. The van der Waals surface area contributed by atoms with Crippen molar-refractivity contribution >= 4 is 22.5 Å². The summed E-state index contributed by atoms with van der Waals surface area (Å²) in [4.78, 5) is 15.0. The van der Waals surface area contributed by atoms with Gasteiger partial charge in [0.1, 0.15) is 0 Å². The maximum absolute atomic E-state index is 12.7. The number of benzene rings is 2. The number of amides is 1. The monoisotopic (exact) mass is 393 g/mol. The van der Waals surface area contributed by atoms with Crippen LogP contribution in [0.4, 0.5) is 5.69 Å². The van der Waals surface area contributed by atoms with Crippen LogP contribution in [0.3, 0.4) is 0 Å². The molecule has 0 saturated carbocycles. The number of carbonyl (C=O) groups excluding carboxylic acids is 1. The number of hydrogen-bond donors (Lipinski definition) is 1. The zero-order valence-electron chi connectivity index (χ0n) is 17.8. The van der Waals surface area contributed by atoms with Gasteiger partial charge in [-0.25, -0.2) is 0 Å². The summed E-state index contributed by atoms with van der Waals surface area (Å²) in [6, 6.07) is 16.4. The Morgan fingerprint density at radius 3 is 2.55 bits per heavy atom. The van der Waals surface area contributed by atoms with Crippen LogP contribution in [0.1, 0.15) is 36.7 Å². The van der Waals surface area contributed by atoms with E-state index in [1.165, 1.54) is 5.56 Å². The summed E-state index contributed by atoms with van der Waals surface area (Å²) in [6.07, 6.45) is 2.05. The van der Waals surface area contributed by atoms with E-state index in [9.17, 15) is 4.79 Å². The Kier molecular flexibility index (Phi) is 7.07. The number of aromatic nitrogens is 1. The van der Waals surface area contributed by atoms with Crippen molar-refractivity contribution in [2.45, 2.75) is 39.9 Å². The second-order valence-corrected chi connectivity index (χ2v) is 7.58. The van der Waals surface area contributed by atoms with Crippen LogP contribution in [0, 0.1) is 0 Å². The first kappa shape index (κ1) is 21.1. The average molecular weight is 394 g/mol. The van der Waals surface area contributed by atoms with E-state index in [-0.39, 0.29) is 5.91 Å². The van der Waals surface area contributed by atoms with Gasteiger partial charge in [-0.2, -0.15) is 0 Å². The van der Waals surface area contributed by atoms with E-state index in [1.54, 1.807) is 7.11 Å². The molecule has 0 aliphatic carbocycles. The molecular formula is C24H31N3O2. The maximum Gasteiger partial charge on any atom is 0.255 e. The molecular weight excluding hydrogens is 362 g/mol. The van der Waals surface area contributed by atoms with Crippen molar-refractivity contribution in [2.24, 2.45) is 0 Å². The summed E-state index contributed by atoms with van der Waals surface area (Å²) in [6.45, 7) is 9.96. The quantitative estimate of drug-likeness (QED) is 0.570. The molecule has 1 amide bonds. The third kappa shape index (κ3) is 5.25. The highest BCUT2D eigenvalue weighted by Gasteiger charge is 2.10. The van der Waals surface area contributed by atoms with Crippen LogP contribution in [0.2, 0.25) is 0 Å². The predicted molar refractivity (Wildman–Crippen MR) is 119 cm³/mol. The van der Waals surface area contributed by atoms with Gasteiger partial charge < -0.3 is 14.6 Å². The van der Waals surface area contributed by atoms with Crippen LogP contribution in [0.25, 0.3) is 10.9 Å². The molecule has 0 aliphatic rings. The third-order valence-corrected chi connectivity index (χ3v) is 5.30. The van der Waals surface area contributed by atoms with Crippen molar-refractivity contribution in [3.8, 4) is 0 Å². The molecule has 3 rings (SSSR count). The summed E-state index contributed by atoms with van der Waals surface area (Å²) in [5.74, 6) is -0.0917. The fourth-order valence-electron chi connectivity index (χ4n) is 3.52. The van der Waals surface area contributed by atoms with Gasteiger partial charge in [0.25, 0.3) is 5.91 Å². The van der Waals surface area contributed by atoms with E-state index in [0.717, 1.165) is 36.2 Å². The lowest BCUT2D eigenvalue weighted by molar-refractivity contribution is 0.102. The third-order valence-electron chi connectivity index (χ3n) is 5.30. The number of anilines is 1. The minimum atomic E-state index is -0.0917. The second-order valence-electron chi connectivity index (χ2n) is 7.58. The summed E-state index contributed by atoms with van der Waals surface area (Å²) in [7, 11) is 1.70. The van der Waals surface area contributed by atoms with Crippen LogP contribution >= 0.6 is 0 Å². The van der Waals surface area contributed by atoms with E-state index >= 15 is 0 Å². The summed E-state index contributed by atoms with van der Waals surface area (Å²) in [5.41, 5.74) is 3.82. The van der Waals surface area contributed by atoms with Gasteiger partial charge in [0.2, 0.25) is 0 Å². The van der Waals surface area contributed by atoms with E-state index < -0.39 is 0 Å². The van der Waals surface area contributed by atoms with E-state index in [2.05, 4.69) is 41.6 Å². The Labute approximate surface area is 173 Å². The van der Waals surface area contributed by atoms with E-state index in [4.69, 9.17) is 4.74 Å². The van der Waals surface area contributed by atoms with Gasteiger partial charge in [0.15, 0.2) is 0 Å². The summed E-state index contributed by atoms with van der Waals surface area (Å²) in [5, 5.41) is 4.11. The molecule has 0 radical (unpaired) electrons. The minimum absolute atomic E-state index is 0.0917. The molecule has 1 heterocycles. The number of nitrogens with one attached hydrogen (secondary N) is 1. The lowest BCUT2D eigenvalue weighted by Crippen LogP contribution is -2.29. The molecule has 154 valence electrons. The standard InChI is InChI=1S/C24H31N3O2/c1-5-26(18(2)3)17-19-6-8-20(9-7-19)24(28)25-22-10-11-23-21(16-22)12-13-27(23)14-15-29-4/h6-13,16,18H,5,14-15,17H2,1-4H3,(H,25,28). The lowest BCUT2D eigenvalue weighted by Gasteiger charge is -2.24. The van der Waals surface area contributed by atoms with Gasteiger partial charge >= 0.3 is 0 Å². The Hall–Kier alpha value is -2.63. The Balaban J connectivity index is 1.66. The predicted octanol–water partition coefficient (Wildman–Crippen LogP) is 4.77. The number of fused-ring (bicyclic) bond motifs is 1. The molecule has 1 aromatic heterocycles. The van der Waals surface area contributed by atoms with Gasteiger partial charge in [-0.3, -0.25) is 9.69 Å². The largest absolute Gasteiger partial charge is 0.383 e. The molecule has 0 spiro atoms. The van der Waals surface area contributed by atoms with Gasteiger partial charge in [-0.1, -0.05) is 19.1 Å². The molecule has 2 aromatic carbocycles. The van der Waals surface area contributed by atoms with Crippen molar-refractivity contribution in [3.05, 3.63) is 65.9 Å². The molecule has 29 heavy (non-hydrogen) atoms. The van der Waals surface area contributed by atoms with Gasteiger partial charge in [0.05, 0.1) is 6.61 Å². The SMILES string of the molecule is CCN(Cc1ccc(C(=O)Nc2ccc3c(ccn3CCOC)c2)cc1)C(C)C. The number of nitrogens with zero attached hydrogens (tertiary/aromatic N) is 2. The van der Waals surface area contributed by atoms with Crippen LogP contribution in [-0.2, 0) is 17.8 Å². The smallest absolute Gasteiger partial charge is 0.255 e. The highest BCUT2D eigenvalue weighted by atomic mass is 16.5. The molecule has 0 bridgehead atoms. The van der Waals surface area contributed by atoms with Crippen LogP contribution < -0.4 is 5.32 Å². The van der Waals surface area contributed by atoms with E-state index in [0.29, 0.717) is 18.2 Å². The molecule has 5 nitrogen and oxygen atoms in total. The number of carbonyl (C=O) groups is 1. The van der Waals surface area contributed by atoms with Gasteiger partial charge in [-0.05, 0) is 62.4 Å². The fourth-order valence-corrected chi connectivity index (χ4v) is 3.52. The first-order valence-corrected chi connectivity index (χ1v) is 10.2. The molecule has 0 unspecified atom stereocenters.